The molecule has 1 fully saturated rings. The summed E-state index contributed by atoms with van der Waals surface area (Å²) in [6.07, 6.45) is 1.46. The van der Waals surface area contributed by atoms with Gasteiger partial charge >= 0.3 is 0 Å². The molecule has 2 aromatic rings. The number of carbonyl (C=O) groups is 1. The minimum atomic E-state index is -0.645. The van der Waals surface area contributed by atoms with Crippen molar-refractivity contribution < 1.29 is 9.32 Å². The summed E-state index contributed by atoms with van der Waals surface area (Å²) in [4.78, 5) is 12.5. The van der Waals surface area contributed by atoms with E-state index in [1.165, 1.54) is 0 Å². The van der Waals surface area contributed by atoms with Crippen LogP contribution < -0.4 is 5.32 Å². The highest BCUT2D eigenvalue weighted by Crippen LogP contribution is 2.54. The molecule has 0 saturated heterocycles. The number of benzene rings is 1. The third-order valence-corrected chi connectivity index (χ3v) is 5.58. The van der Waals surface area contributed by atoms with Crippen LogP contribution in [-0.4, -0.2) is 21.9 Å². The number of aryl methyl sites for hydroxylation is 1. The molecule has 128 valence electrons. The number of hydrogen-bond acceptors (Lipinski definition) is 3. The number of carbonyl (C=O) groups excluding carboxylic acids is 1. The average molecular weight is 408 g/mol. The Morgan fingerprint density at radius 1 is 1.38 bits per heavy atom. The maximum atomic E-state index is 12.5. The summed E-state index contributed by atoms with van der Waals surface area (Å²) in [6.45, 7) is 2.13. The second-order valence-electron chi connectivity index (χ2n) is 5.77. The van der Waals surface area contributed by atoms with Gasteiger partial charge in [0.25, 0.3) is 5.91 Å². The van der Waals surface area contributed by atoms with Crippen molar-refractivity contribution in [1.82, 2.24) is 10.5 Å². The van der Waals surface area contributed by atoms with E-state index in [2.05, 4.69) is 10.5 Å². The first-order valence-electron chi connectivity index (χ1n) is 7.38. The number of halogens is 4. The lowest BCUT2D eigenvalue weighted by Gasteiger charge is -2.08. The molecular formula is C16H14Cl4N2O2. The number of aromatic nitrogens is 1. The molecule has 0 spiro atoms. The predicted octanol–water partition coefficient (Wildman–Crippen LogP) is 5.27. The number of amides is 1. The Bertz CT molecular complexity index is 768. The summed E-state index contributed by atoms with van der Waals surface area (Å²) in [5.74, 6) is 0.311. The van der Waals surface area contributed by atoms with Crippen LogP contribution in [0.3, 0.4) is 0 Å². The van der Waals surface area contributed by atoms with Gasteiger partial charge in [0.2, 0.25) is 0 Å². The average Bonchev–Trinajstić information content (AvgIpc) is 2.93. The van der Waals surface area contributed by atoms with Gasteiger partial charge in [0.1, 0.15) is 21.4 Å². The summed E-state index contributed by atoms with van der Waals surface area (Å²) in [6, 6.07) is 5.09. The molecular weight excluding hydrogens is 394 g/mol. The molecule has 0 radical (unpaired) electrons. The smallest absolute Gasteiger partial charge is 0.257 e. The van der Waals surface area contributed by atoms with E-state index in [0.29, 0.717) is 45.6 Å². The van der Waals surface area contributed by atoms with Crippen molar-refractivity contribution >= 4 is 52.3 Å². The topological polar surface area (TPSA) is 55.1 Å². The van der Waals surface area contributed by atoms with Gasteiger partial charge in [-0.3, -0.25) is 4.79 Å². The SMILES string of the molecule is Cc1onc(-c2c(Cl)cccc2Cl)c1C(=O)NCCC1CC1(Cl)Cl. The molecule has 1 amide bonds. The van der Waals surface area contributed by atoms with Crippen LogP contribution >= 0.6 is 46.4 Å². The third-order valence-electron chi connectivity index (χ3n) is 4.02. The van der Waals surface area contributed by atoms with Crippen LogP contribution in [0.15, 0.2) is 22.7 Å². The van der Waals surface area contributed by atoms with Gasteiger partial charge in [0, 0.05) is 12.1 Å². The van der Waals surface area contributed by atoms with E-state index in [1.54, 1.807) is 25.1 Å². The molecule has 8 heteroatoms. The number of rotatable bonds is 5. The lowest BCUT2D eigenvalue weighted by Crippen LogP contribution is -2.26. The highest BCUT2D eigenvalue weighted by molar-refractivity contribution is 6.50. The molecule has 1 aromatic carbocycles. The van der Waals surface area contributed by atoms with Crippen LogP contribution in [0.1, 0.15) is 29.0 Å². The van der Waals surface area contributed by atoms with E-state index in [1.807, 2.05) is 0 Å². The van der Waals surface area contributed by atoms with Crippen molar-refractivity contribution in [2.24, 2.45) is 5.92 Å². The van der Waals surface area contributed by atoms with Gasteiger partial charge in [-0.05, 0) is 37.8 Å². The van der Waals surface area contributed by atoms with E-state index >= 15 is 0 Å². The third kappa shape index (κ3) is 3.52. The fourth-order valence-electron chi connectivity index (χ4n) is 2.57. The molecule has 1 N–H and O–H groups in total. The summed E-state index contributed by atoms with van der Waals surface area (Å²) in [5, 5.41) is 7.60. The predicted molar refractivity (Wildman–Crippen MR) is 96.2 cm³/mol. The molecule has 1 atom stereocenters. The highest BCUT2D eigenvalue weighted by atomic mass is 35.5. The normalized spacial score (nSPS) is 18.5. The molecule has 4 nitrogen and oxygen atoms in total. The Morgan fingerprint density at radius 2 is 2.00 bits per heavy atom. The molecule has 24 heavy (non-hydrogen) atoms. The Hall–Kier alpha value is -0.940. The maximum Gasteiger partial charge on any atom is 0.257 e. The second kappa shape index (κ2) is 6.75. The van der Waals surface area contributed by atoms with Gasteiger partial charge in [-0.15, -0.1) is 23.2 Å². The largest absolute Gasteiger partial charge is 0.360 e. The van der Waals surface area contributed by atoms with E-state index in [4.69, 9.17) is 50.9 Å². The zero-order valence-corrected chi connectivity index (χ0v) is 15.7. The van der Waals surface area contributed by atoms with Crippen LogP contribution in [0.2, 0.25) is 10.0 Å². The van der Waals surface area contributed by atoms with Crippen molar-refractivity contribution in [3.63, 3.8) is 0 Å². The fraction of sp³-hybridized carbons (Fsp3) is 0.375. The van der Waals surface area contributed by atoms with Crippen molar-refractivity contribution in [3.8, 4) is 11.3 Å². The van der Waals surface area contributed by atoms with Crippen LogP contribution in [0.5, 0.6) is 0 Å². The van der Waals surface area contributed by atoms with Gasteiger partial charge < -0.3 is 9.84 Å². The van der Waals surface area contributed by atoms with Crippen molar-refractivity contribution in [1.29, 1.82) is 0 Å². The minimum Gasteiger partial charge on any atom is -0.360 e. The quantitative estimate of drug-likeness (QED) is 0.686. The number of nitrogens with one attached hydrogen (secondary N) is 1. The van der Waals surface area contributed by atoms with Crippen LogP contribution in [0, 0.1) is 12.8 Å². The zero-order chi connectivity index (χ0) is 17.5. The lowest BCUT2D eigenvalue weighted by molar-refractivity contribution is 0.0951. The number of alkyl halides is 2. The molecule has 1 unspecified atom stereocenters. The Labute approximate surface area is 159 Å². The Kier molecular flexibility index (Phi) is 5.03. The summed E-state index contributed by atoms with van der Waals surface area (Å²) < 4.78 is 4.54. The highest BCUT2D eigenvalue weighted by Gasteiger charge is 2.50. The van der Waals surface area contributed by atoms with Crippen LogP contribution in [0.25, 0.3) is 11.3 Å². The van der Waals surface area contributed by atoms with Gasteiger partial charge in [0.15, 0.2) is 0 Å². The molecule has 1 saturated carbocycles. The van der Waals surface area contributed by atoms with Gasteiger partial charge in [-0.25, -0.2) is 0 Å². The van der Waals surface area contributed by atoms with Gasteiger partial charge in [-0.2, -0.15) is 0 Å². The zero-order valence-electron chi connectivity index (χ0n) is 12.7. The van der Waals surface area contributed by atoms with E-state index in [9.17, 15) is 4.79 Å². The molecule has 0 aliphatic heterocycles. The standard InChI is InChI=1S/C16H14Cl4N2O2/c1-8-12(15(23)21-6-5-9-7-16(9,19)20)14(22-24-8)13-10(17)3-2-4-11(13)18/h2-4,9H,5-7H2,1H3,(H,21,23). The molecule has 0 bridgehead atoms. The first-order valence-corrected chi connectivity index (χ1v) is 8.89. The second-order valence-corrected chi connectivity index (χ2v) is 8.12. The fourth-order valence-corrected chi connectivity index (χ4v) is 3.73. The first kappa shape index (κ1) is 17.9. The number of hydrogen-bond donors (Lipinski definition) is 1. The van der Waals surface area contributed by atoms with Crippen molar-refractivity contribution in [2.75, 3.05) is 6.54 Å². The first-order chi connectivity index (χ1) is 11.3. The minimum absolute atomic E-state index is 0.210. The number of nitrogens with zero attached hydrogens (tertiary/aromatic N) is 1. The lowest BCUT2D eigenvalue weighted by atomic mass is 10.1. The molecule has 1 aromatic heterocycles. The van der Waals surface area contributed by atoms with E-state index in [-0.39, 0.29) is 11.8 Å². The van der Waals surface area contributed by atoms with E-state index < -0.39 is 4.33 Å². The summed E-state index contributed by atoms with van der Waals surface area (Å²) in [7, 11) is 0. The monoisotopic (exact) mass is 406 g/mol. The molecule has 1 heterocycles. The van der Waals surface area contributed by atoms with Crippen molar-refractivity contribution in [3.05, 3.63) is 39.6 Å². The maximum absolute atomic E-state index is 12.5. The Morgan fingerprint density at radius 3 is 2.58 bits per heavy atom. The molecule has 3 rings (SSSR count). The van der Waals surface area contributed by atoms with Gasteiger partial charge in [-0.1, -0.05) is 34.4 Å². The molecule has 1 aliphatic carbocycles. The molecule has 1 aliphatic rings. The van der Waals surface area contributed by atoms with Crippen LogP contribution in [-0.2, 0) is 0 Å². The van der Waals surface area contributed by atoms with Crippen LogP contribution in [0.4, 0.5) is 0 Å². The van der Waals surface area contributed by atoms with E-state index in [0.717, 1.165) is 6.42 Å². The van der Waals surface area contributed by atoms with Crippen molar-refractivity contribution in [2.45, 2.75) is 24.1 Å². The summed E-state index contributed by atoms with van der Waals surface area (Å²) in [5.41, 5.74) is 1.13. The summed E-state index contributed by atoms with van der Waals surface area (Å²) >= 11 is 24.4. The Balaban J connectivity index is 1.79. The van der Waals surface area contributed by atoms with Gasteiger partial charge in [0.05, 0.1) is 10.0 Å².